The molecular formula is C16H13NO3S. The monoisotopic (exact) mass is 299 g/mol. The van der Waals surface area contributed by atoms with Crippen LogP contribution in [0.2, 0.25) is 0 Å². The molecule has 3 rings (SSSR count). The first-order chi connectivity index (χ1) is 10.1. The number of fused-ring (bicyclic) bond motifs is 2. The molecule has 0 amide bonds. The lowest BCUT2D eigenvalue weighted by atomic mass is 10.0. The standard InChI is InChI=1S/C16H13NO3S/c1-10(18)20-11-7-8-13-15(9-11)21-17(2)14-6-4-3-5-12(14)16(13)19/h3-9H,1-2H3. The van der Waals surface area contributed by atoms with Crippen molar-refractivity contribution in [3.8, 4) is 5.75 Å². The average molecular weight is 299 g/mol. The van der Waals surface area contributed by atoms with Gasteiger partial charge in [-0.2, -0.15) is 0 Å². The largest absolute Gasteiger partial charge is 0.427 e. The molecule has 0 saturated heterocycles. The number of para-hydroxylation sites is 1. The number of ether oxygens (including phenoxy) is 1. The van der Waals surface area contributed by atoms with E-state index < -0.39 is 0 Å². The number of carbonyl (C=O) groups is 2. The molecule has 106 valence electrons. The zero-order chi connectivity index (χ0) is 15.0. The molecule has 4 nitrogen and oxygen atoms in total. The van der Waals surface area contributed by atoms with E-state index in [-0.39, 0.29) is 11.8 Å². The van der Waals surface area contributed by atoms with Crippen molar-refractivity contribution in [2.45, 2.75) is 11.8 Å². The van der Waals surface area contributed by atoms with Crippen molar-refractivity contribution >= 4 is 29.4 Å². The molecule has 0 spiro atoms. The van der Waals surface area contributed by atoms with E-state index >= 15 is 0 Å². The van der Waals surface area contributed by atoms with E-state index in [0.29, 0.717) is 16.9 Å². The molecule has 0 bridgehead atoms. The molecule has 1 aliphatic heterocycles. The SMILES string of the molecule is CC(=O)Oc1ccc2c(c1)SN(C)c1ccccc1C2=O. The molecule has 0 saturated carbocycles. The van der Waals surface area contributed by atoms with Crippen LogP contribution >= 0.6 is 11.9 Å². The summed E-state index contributed by atoms with van der Waals surface area (Å²) in [6.45, 7) is 1.35. The first-order valence-electron chi connectivity index (χ1n) is 6.44. The van der Waals surface area contributed by atoms with Crippen LogP contribution in [-0.4, -0.2) is 18.8 Å². The highest BCUT2D eigenvalue weighted by Gasteiger charge is 2.24. The number of hydrogen-bond acceptors (Lipinski definition) is 5. The predicted octanol–water partition coefficient (Wildman–Crippen LogP) is 3.30. The molecule has 2 aromatic rings. The summed E-state index contributed by atoms with van der Waals surface area (Å²) >= 11 is 1.44. The Balaban J connectivity index is 2.10. The van der Waals surface area contributed by atoms with Crippen LogP contribution in [0, 0.1) is 0 Å². The van der Waals surface area contributed by atoms with Gasteiger partial charge in [-0.25, -0.2) is 0 Å². The third-order valence-corrected chi connectivity index (χ3v) is 4.19. The molecule has 2 aromatic carbocycles. The Kier molecular flexibility index (Phi) is 3.43. The second-order valence-electron chi connectivity index (χ2n) is 4.69. The summed E-state index contributed by atoms with van der Waals surface area (Å²) in [5.41, 5.74) is 2.16. The van der Waals surface area contributed by atoms with E-state index in [4.69, 9.17) is 4.74 Å². The van der Waals surface area contributed by atoms with E-state index in [2.05, 4.69) is 0 Å². The lowest BCUT2D eigenvalue weighted by molar-refractivity contribution is -0.131. The van der Waals surface area contributed by atoms with Crippen LogP contribution in [0.1, 0.15) is 22.8 Å². The Labute approximate surface area is 126 Å². The lowest BCUT2D eigenvalue weighted by Gasteiger charge is -2.17. The van der Waals surface area contributed by atoms with Gasteiger partial charge in [0.25, 0.3) is 0 Å². The Hall–Kier alpha value is -2.27. The van der Waals surface area contributed by atoms with Crippen LogP contribution in [0.15, 0.2) is 47.4 Å². The smallest absolute Gasteiger partial charge is 0.308 e. The van der Waals surface area contributed by atoms with Gasteiger partial charge in [0.15, 0.2) is 5.78 Å². The molecule has 1 heterocycles. The van der Waals surface area contributed by atoms with Gasteiger partial charge in [-0.1, -0.05) is 12.1 Å². The topological polar surface area (TPSA) is 46.6 Å². The van der Waals surface area contributed by atoms with Crippen molar-refractivity contribution in [1.82, 2.24) is 0 Å². The number of hydrogen-bond donors (Lipinski definition) is 0. The Morgan fingerprint density at radius 1 is 1.14 bits per heavy atom. The molecule has 0 aliphatic carbocycles. The molecule has 21 heavy (non-hydrogen) atoms. The van der Waals surface area contributed by atoms with Crippen LogP contribution < -0.4 is 9.04 Å². The predicted molar refractivity (Wildman–Crippen MR) is 81.9 cm³/mol. The van der Waals surface area contributed by atoms with Crippen LogP contribution in [-0.2, 0) is 4.79 Å². The normalized spacial score (nSPS) is 13.2. The summed E-state index contributed by atoms with van der Waals surface area (Å²) in [5.74, 6) is 0.0456. The summed E-state index contributed by atoms with van der Waals surface area (Å²) in [7, 11) is 1.91. The number of anilines is 1. The van der Waals surface area contributed by atoms with E-state index in [0.717, 1.165) is 10.6 Å². The maximum Gasteiger partial charge on any atom is 0.308 e. The Bertz CT molecular complexity index is 742. The first-order valence-corrected chi connectivity index (χ1v) is 7.21. The number of rotatable bonds is 1. The highest BCUT2D eigenvalue weighted by atomic mass is 32.2. The van der Waals surface area contributed by atoms with Crippen molar-refractivity contribution in [1.29, 1.82) is 0 Å². The van der Waals surface area contributed by atoms with Gasteiger partial charge in [-0.05, 0) is 42.3 Å². The number of carbonyl (C=O) groups excluding carboxylic acids is 2. The maximum absolute atomic E-state index is 12.7. The number of nitrogens with zero attached hydrogens (tertiary/aromatic N) is 1. The van der Waals surface area contributed by atoms with Gasteiger partial charge >= 0.3 is 5.97 Å². The molecular weight excluding hydrogens is 286 g/mol. The van der Waals surface area contributed by atoms with Gasteiger partial charge in [-0.15, -0.1) is 0 Å². The van der Waals surface area contributed by atoms with Crippen molar-refractivity contribution < 1.29 is 14.3 Å². The molecule has 1 aliphatic rings. The molecule has 0 radical (unpaired) electrons. The summed E-state index contributed by atoms with van der Waals surface area (Å²) < 4.78 is 7.03. The Morgan fingerprint density at radius 3 is 2.67 bits per heavy atom. The average Bonchev–Trinajstić information content (AvgIpc) is 2.55. The van der Waals surface area contributed by atoms with Gasteiger partial charge in [0, 0.05) is 30.0 Å². The van der Waals surface area contributed by atoms with Gasteiger partial charge in [0.05, 0.1) is 5.69 Å². The molecule has 0 aromatic heterocycles. The fourth-order valence-electron chi connectivity index (χ4n) is 2.28. The van der Waals surface area contributed by atoms with Crippen LogP contribution in [0.5, 0.6) is 5.75 Å². The quantitative estimate of drug-likeness (QED) is 0.459. The second kappa shape index (κ2) is 5.26. The van der Waals surface area contributed by atoms with Crippen LogP contribution in [0.3, 0.4) is 0 Å². The minimum Gasteiger partial charge on any atom is -0.427 e. The zero-order valence-electron chi connectivity index (χ0n) is 11.6. The summed E-state index contributed by atoms with van der Waals surface area (Å²) in [4.78, 5) is 24.5. The fourth-order valence-corrected chi connectivity index (χ4v) is 3.26. The summed E-state index contributed by atoms with van der Waals surface area (Å²) in [6, 6.07) is 12.6. The fraction of sp³-hybridized carbons (Fsp3) is 0.125. The van der Waals surface area contributed by atoms with Gasteiger partial charge in [0.1, 0.15) is 5.75 Å². The third-order valence-electron chi connectivity index (χ3n) is 3.18. The molecule has 0 atom stereocenters. The van der Waals surface area contributed by atoms with Crippen molar-refractivity contribution in [3.63, 3.8) is 0 Å². The van der Waals surface area contributed by atoms with E-state index in [1.165, 1.54) is 18.9 Å². The minimum atomic E-state index is -0.378. The lowest BCUT2D eigenvalue weighted by Crippen LogP contribution is -2.07. The third kappa shape index (κ3) is 2.52. The van der Waals surface area contributed by atoms with E-state index in [9.17, 15) is 9.59 Å². The van der Waals surface area contributed by atoms with Crippen molar-refractivity contribution in [2.24, 2.45) is 0 Å². The minimum absolute atomic E-state index is 0.0215. The van der Waals surface area contributed by atoms with Gasteiger partial charge in [-0.3, -0.25) is 9.59 Å². The highest BCUT2D eigenvalue weighted by molar-refractivity contribution is 8.00. The number of ketones is 1. The highest BCUT2D eigenvalue weighted by Crippen LogP contribution is 2.39. The first kappa shape index (κ1) is 13.7. The molecule has 0 fully saturated rings. The maximum atomic E-state index is 12.7. The summed E-state index contributed by atoms with van der Waals surface area (Å²) in [6.07, 6.45) is 0. The molecule has 0 N–H and O–H groups in total. The van der Waals surface area contributed by atoms with Crippen molar-refractivity contribution in [2.75, 3.05) is 11.4 Å². The van der Waals surface area contributed by atoms with Crippen LogP contribution in [0.4, 0.5) is 5.69 Å². The second-order valence-corrected chi connectivity index (χ2v) is 5.86. The van der Waals surface area contributed by atoms with Gasteiger partial charge in [0.2, 0.25) is 0 Å². The summed E-state index contributed by atoms with van der Waals surface area (Å²) in [5, 5.41) is 0. The zero-order valence-corrected chi connectivity index (χ0v) is 12.4. The Morgan fingerprint density at radius 2 is 1.90 bits per heavy atom. The number of benzene rings is 2. The molecule has 0 unspecified atom stereocenters. The van der Waals surface area contributed by atoms with Crippen molar-refractivity contribution in [3.05, 3.63) is 53.6 Å². The number of esters is 1. The van der Waals surface area contributed by atoms with Gasteiger partial charge < -0.3 is 9.04 Å². The molecule has 5 heteroatoms. The van der Waals surface area contributed by atoms with E-state index in [1.54, 1.807) is 18.2 Å². The van der Waals surface area contributed by atoms with E-state index in [1.807, 2.05) is 35.6 Å². The van der Waals surface area contributed by atoms with Crippen LogP contribution in [0.25, 0.3) is 0 Å².